The lowest BCUT2D eigenvalue weighted by molar-refractivity contribution is -0.131. The number of imidazole rings is 1. The summed E-state index contributed by atoms with van der Waals surface area (Å²) in [5.41, 5.74) is 3.77. The van der Waals surface area contributed by atoms with E-state index in [4.69, 9.17) is 16.1 Å². The van der Waals surface area contributed by atoms with Crippen LogP contribution < -0.4 is 0 Å². The van der Waals surface area contributed by atoms with Crippen LogP contribution in [0.2, 0.25) is 5.02 Å². The highest BCUT2D eigenvalue weighted by Crippen LogP contribution is 2.24. The highest BCUT2D eigenvalue weighted by atomic mass is 35.5. The average Bonchev–Trinajstić information content (AvgIpc) is 3.20. The maximum Gasteiger partial charge on any atom is 0.230 e. The normalized spacial score (nSPS) is 13.8. The van der Waals surface area contributed by atoms with Crippen LogP contribution in [0.3, 0.4) is 0 Å². The minimum absolute atomic E-state index is 0.0319. The summed E-state index contributed by atoms with van der Waals surface area (Å²) < 4.78 is 5.14. The van der Waals surface area contributed by atoms with E-state index in [0.717, 1.165) is 34.9 Å². The summed E-state index contributed by atoms with van der Waals surface area (Å²) in [7, 11) is 0. The molecule has 0 saturated carbocycles. The number of rotatable bonds is 3. The van der Waals surface area contributed by atoms with Gasteiger partial charge in [0.05, 0.1) is 30.0 Å². The van der Waals surface area contributed by atoms with Gasteiger partial charge in [-0.2, -0.15) is 0 Å². The fourth-order valence-electron chi connectivity index (χ4n) is 3.01. The summed E-state index contributed by atoms with van der Waals surface area (Å²) in [5.74, 6) is 1.44. The van der Waals surface area contributed by atoms with Gasteiger partial charge in [0.2, 0.25) is 5.91 Å². The summed E-state index contributed by atoms with van der Waals surface area (Å²) in [4.78, 5) is 22.3. The molecule has 7 heteroatoms. The van der Waals surface area contributed by atoms with E-state index in [-0.39, 0.29) is 12.3 Å². The van der Waals surface area contributed by atoms with Gasteiger partial charge in [-0.15, -0.1) is 0 Å². The Labute approximate surface area is 149 Å². The van der Waals surface area contributed by atoms with Gasteiger partial charge in [-0.3, -0.25) is 4.79 Å². The van der Waals surface area contributed by atoms with Crippen molar-refractivity contribution in [2.75, 3.05) is 6.54 Å². The lowest BCUT2D eigenvalue weighted by atomic mass is 10.1. The van der Waals surface area contributed by atoms with Crippen molar-refractivity contribution >= 4 is 17.5 Å². The number of benzene rings is 1. The molecule has 3 aromatic rings. The van der Waals surface area contributed by atoms with E-state index in [1.54, 1.807) is 6.07 Å². The Kier molecular flexibility index (Phi) is 4.05. The number of nitrogens with one attached hydrogen (secondary N) is 1. The molecule has 6 nitrogen and oxygen atoms in total. The molecule has 4 rings (SSSR count). The molecule has 0 radical (unpaired) electrons. The third-order valence-electron chi connectivity index (χ3n) is 4.30. The van der Waals surface area contributed by atoms with Crippen molar-refractivity contribution in [3.05, 3.63) is 58.2 Å². The molecule has 1 amide bonds. The summed E-state index contributed by atoms with van der Waals surface area (Å²) in [6.45, 7) is 3.03. The predicted octanol–water partition coefficient (Wildman–Crippen LogP) is 3.15. The van der Waals surface area contributed by atoms with Crippen LogP contribution >= 0.6 is 11.6 Å². The van der Waals surface area contributed by atoms with Gasteiger partial charge in [0, 0.05) is 29.6 Å². The van der Waals surface area contributed by atoms with Crippen molar-refractivity contribution < 1.29 is 9.32 Å². The number of nitrogens with zero attached hydrogens (tertiary/aromatic N) is 3. The van der Waals surface area contributed by atoms with Gasteiger partial charge in [-0.25, -0.2) is 4.98 Å². The molecular formula is C18H17ClN4O2. The lowest BCUT2D eigenvalue weighted by Gasteiger charge is -2.25. The zero-order valence-electron chi connectivity index (χ0n) is 13.8. The third kappa shape index (κ3) is 3.30. The van der Waals surface area contributed by atoms with Crippen LogP contribution in [0.4, 0.5) is 0 Å². The average molecular weight is 357 g/mol. The molecule has 3 heterocycles. The van der Waals surface area contributed by atoms with Crippen LogP contribution in [0.5, 0.6) is 0 Å². The van der Waals surface area contributed by atoms with E-state index in [0.29, 0.717) is 23.9 Å². The molecule has 0 saturated heterocycles. The van der Waals surface area contributed by atoms with E-state index in [1.165, 1.54) is 0 Å². The number of carbonyl (C=O) groups is 1. The molecule has 1 aromatic carbocycles. The van der Waals surface area contributed by atoms with Crippen LogP contribution in [0.15, 0.2) is 34.9 Å². The van der Waals surface area contributed by atoms with E-state index in [1.807, 2.05) is 36.1 Å². The van der Waals surface area contributed by atoms with Gasteiger partial charge >= 0.3 is 0 Å². The first-order valence-corrected chi connectivity index (χ1v) is 8.50. The smallest absolute Gasteiger partial charge is 0.230 e. The molecule has 2 aromatic heterocycles. The minimum atomic E-state index is 0.0319. The second kappa shape index (κ2) is 6.37. The van der Waals surface area contributed by atoms with Gasteiger partial charge in [-0.05, 0) is 31.2 Å². The SMILES string of the molecule is Cc1cc(CC(=O)N2CCc3nc(-c4ccc(Cl)cc4)[nH]c3C2)on1. The molecule has 1 aliphatic heterocycles. The maximum atomic E-state index is 12.5. The fraction of sp³-hybridized carbons (Fsp3) is 0.278. The molecule has 0 unspecified atom stereocenters. The van der Waals surface area contributed by atoms with Crippen LogP contribution in [-0.4, -0.2) is 32.5 Å². The molecule has 1 aliphatic rings. The summed E-state index contributed by atoms with van der Waals surface area (Å²) in [5, 5.41) is 4.52. The number of aryl methyl sites for hydroxylation is 1. The number of aromatic nitrogens is 3. The summed E-state index contributed by atoms with van der Waals surface area (Å²) in [6.07, 6.45) is 0.967. The number of fused-ring (bicyclic) bond motifs is 1. The molecule has 0 atom stereocenters. The summed E-state index contributed by atoms with van der Waals surface area (Å²) in [6, 6.07) is 9.34. The Morgan fingerprint density at radius 3 is 2.88 bits per heavy atom. The quantitative estimate of drug-likeness (QED) is 0.782. The maximum absolute atomic E-state index is 12.5. The molecule has 0 fully saturated rings. The first-order valence-electron chi connectivity index (χ1n) is 8.12. The highest BCUT2D eigenvalue weighted by Gasteiger charge is 2.24. The Bertz CT molecular complexity index is 914. The predicted molar refractivity (Wildman–Crippen MR) is 93.1 cm³/mol. The van der Waals surface area contributed by atoms with Crippen LogP contribution in [0.1, 0.15) is 22.8 Å². The standard InChI is InChI=1S/C18H17ClN4O2/c1-11-8-14(25-22-11)9-17(24)23-7-6-15-16(10-23)21-18(20-15)12-2-4-13(19)5-3-12/h2-5,8H,6-7,9-10H2,1H3,(H,20,21). The number of H-pyrrole nitrogens is 1. The minimum Gasteiger partial charge on any atom is -0.361 e. The van der Waals surface area contributed by atoms with Crippen molar-refractivity contribution in [1.82, 2.24) is 20.0 Å². The number of hydrogen-bond donors (Lipinski definition) is 1. The number of halogens is 1. The highest BCUT2D eigenvalue weighted by molar-refractivity contribution is 6.30. The van der Waals surface area contributed by atoms with Gasteiger partial charge in [0.1, 0.15) is 11.6 Å². The molecule has 0 spiro atoms. The molecule has 0 bridgehead atoms. The zero-order valence-corrected chi connectivity index (χ0v) is 14.5. The van der Waals surface area contributed by atoms with Crippen molar-refractivity contribution in [2.24, 2.45) is 0 Å². The van der Waals surface area contributed by atoms with E-state index in [9.17, 15) is 4.79 Å². The topological polar surface area (TPSA) is 75.0 Å². The first kappa shape index (κ1) is 15.9. The Morgan fingerprint density at radius 2 is 2.16 bits per heavy atom. The van der Waals surface area contributed by atoms with Crippen molar-refractivity contribution in [3.8, 4) is 11.4 Å². The molecular weight excluding hydrogens is 340 g/mol. The Balaban J connectivity index is 1.49. The lowest BCUT2D eigenvalue weighted by Crippen LogP contribution is -2.36. The van der Waals surface area contributed by atoms with Crippen molar-refractivity contribution in [2.45, 2.75) is 26.3 Å². The zero-order chi connectivity index (χ0) is 17.4. The molecule has 1 N–H and O–H groups in total. The van der Waals surface area contributed by atoms with Crippen LogP contribution in [0.25, 0.3) is 11.4 Å². The van der Waals surface area contributed by atoms with E-state index in [2.05, 4.69) is 15.1 Å². The van der Waals surface area contributed by atoms with Crippen molar-refractivity contribution in [1.29, 1.82) is 0 Å². The van der Waals surface area contributed by atoms with Crippen LogP contribution in [0, 0.1) is 6.92 Å². The van der Waals surface area contributed by atoms with Gasteiger partial charge in [-0.1, -0.05) is 16.8 Å². The van der Waals surface area contributed by atoms with E-state index < -0.39 is 0 Å². The second-order valence-electron chi connectivity index (χ2n) is 6.19. The summed E-state index contributed by atoms with van der Waals surface area (Å²) >= 11 is 5.94. The molecule has 0 aliphatic carbocycles. The molecule has 128 valence electrons. The first-order chi connectivity index (χ1) is 12.1. The van der Waals surface area contributed by atoms with Gasteiger partial charge in [0.15, 0.2) is 0 Å². The van der Waals surface area contributed by atoms with Crippen LogP contribution in [-0.2, 0) is 24.2 Å². The Hall–Kier alpha value is -2.60. The fourth-order valence-corrected chi connectivity index (χ4v) is 3.14. The number of aromatic amines is 1. The largest absolute Gasteiger partial charge is 0.361 e. The number of amides is 1. The monoisotopic (exact) mass is 356 g/mol. The number of hydrogen-bond acceptors (Lipinski definition) is 4. The van der Waals surface area contributed by atoms with Gasteiger partial charge < -0.3 is 14.4 Å². The van der Waals surface area contributed by atoms with E-state index >= 15 is 0 Å². The Morgan fingerprint density at radius 1 is 1.36 bits per heavy atom. The number of carbonyl (C=O) groups excluding carboxylic acids is 1. The van der Waals surface area contributed by atoms with Crippen molar-refractivity contribution in [3.63, 3.8) is 0 Å². The third-order valence-corrected chi connectivity index (χ3v) is 4.56. The molecule has 25 heavy (non-hydrogen) atoms. The van der Waals surface area contributed by atoms with Gasteiger partial charge in [0.25, 0.3) is 0 Å². The second-order valence-corrected chi connectivity index (χ2v) is 6.63.